The summed E-state index contributed by atoms with van der Waals surface area (Å²) in [7, 11) is -3.71. The van der Waals surface area contributed by atoms with Crippen LogP contribution in [0.1, 0.15) is 23.0 Å². The zero-order chi connectivity index (χ0) is 14.8. The highest BCUT2D eigenvalue weighted by Gasteiger charge is 2.20. The van der Waals surface area contributed by atoms with E-state index in [4.69, 9.17) is 5.11 Å². The molecule has 0 fully saturated rings. The first kappa shape index (κ1) is 14.8. The van der Waals surface area contributed by atoms with Gasteiger partial charge in [0.2, 0.25) is 10.0 Å². The maximum atomic E-state index is 12.1. The van der Waals surface area contributed by atoms with E-state index in [-0.39, 0.29) is 17.1 Å². The summed E-state index contributed by atoms with van der Waals surface area (Å²) in [4.78, 5) is 11.0. The second kappa shape index (κ2) is 5.78. The van der Waals surface area contributed by atoms with Gasteiger partial charge in [0.25, 0.3) is 0 Å². The zero-order valence-electron chi connectivity index (χ0n) is 10.7. The van der Waals surface area contributed by atoms with Gasteiger partial charge >= 0.3 is 5.97 Å². The number of thiophene rings is 1. The second-order valence-electron chi connectivity index (χ2n) is 4.11. The summed E-state index contributed by atoms with van der Waals surface area (Å²) in [5.74, 6) is -1.15. The molecule has 0 atom stereocenters. The predicted octanol–water partition coefficient (Wildman–Crippen LogP) is 1.75. The Labute approximate surface area is 120 Å². The summed E-state index contributed by atoms with van der Waals surface area (Å²) < 4.78 is 28.1. The summed E-state index contributed by atoms with van der Waals surface area (Å²) >= 11 is 1.48. The molecule has 2 aromatic heterocycles. The highest BCUT2D eigenvalue weighted by atomic mass is 32.2. The molecule has 0 radical (unpaired) electrons. The number of carbonyl (C=O) groups is 1. The van der Waals surface area contributed by atoms with Gasteiger partial charge in [0.05, 0.1) is 0 Å². The van der Waals surface area contributed by atoms with Gasteiger partial charge in [-0.15, -0.1) is 0 Å². The average molecular weight is 314 g/mol. The Hall–Kier alpha value is -1.64. The highest BCUT2D eigenvalue weighted by Crippen LogP contribution is 2.15. The molecule has 0 saturated carbocycles. The number of aromatic carboxylic acids is 1. The fourth-order valence-electron chi connectivity index (χ4n) is 1.73. The largest absolute Gasteiger partial charge is 0.477 e. The van der Waals surface area contributed by atoms with Crippen LogP contribution in [-0.4, -0.2) is 24.1 Å². The minimum Gasteiger partial charge on any atom is -0.477 e. The van der Waals surface area contributed by atoms with Crippen molar-refractivity contribution in [1.82, 2.24) is 9.29 Å². The third-order valence-electron chi connectivity index (χ3n) is 2.79. The normalized spacial score (nSPS) is 11.7. The zero-order valence-corrected chi connectivity index (χ0v) is 12.4. The van der Waals surface area contributed by atoms with Crippen molar-refractivity contribution >= 4 is 27.3 Å². The number of aromatic nitrogens is 1. The van der Waals surface area contributed by atoms with Crippen molar-refractivity contribution in [3.05, 3.63) is 40.3 Å². The van der Waals surface area contributed by atoms with Crippen LogP contribution in [0.5, 0.6) is 0 Å². The fourth-order valence-corrected chi connectivity index (χ4v) is 3.45. The van der Waals surface area contributed by atoms with E-state index in [1.165, 1.54) is 28.2 Å². The standard InChI is InChI=1S/C12H14N2O4S2/c1-2-14-7-10(5-11(14)12(15)16)20(17,18)13-6-9-3-4-19-8-9/h3-5,7-8,13H,2,6H2,1H3,(H,15,16). The van der Waals surface area contributed by atoms with Gasteiger partial charge in [-0.25, -0.2) is 17.9 Å². The number of hydrogen-bond acceptors (Lipinski definition) is 4. The van der Waals surface area contributed by atoms with E-state index in [0.717, 1.165) is 5.56 Å². The molecule has 20 heavy (non-hydrogen) atoms. The molecular weight excluding hydrogens is 300 g/mol. The van der Waals surface area contributed by atoms with Crippen molar-refractivity contribution in [1.29, 1.82) is 0 Å². The van der Waals surface area contributed by atoms with Crippen LogP contribution in [0.4, 0.5) is 0 Å². The maximum absolute atomic E-state index is 12.1. The van der Waals surface area contributed by atoms with Crippen LogP contribution in [0.2, 0.25) is 0 Å². The highest BCUT2D eigenvalue weighted by molar-refractivity contribution is 7.89. The van der Waals surface area contributed by atoms with Gasteiger partial charge in [-0.2, -0.15) is 11.3 Å². The van der Waals surface area contributed by atoms with Crippen molar-refractivity contribution in [2.24, 2.45) is 0 Å². The van der Waals surface area contributed by atoms with E-state index in [1.54, 1.807) is 6.92 Å². The molecule has 108 valence electrons. The predicted molar refractivity (Wildman–Crippen MR) is 75.4 cm³/mol. The minimum atomic E-state index is -3.71. The van der Waals surface area contributed by atoms with E-state index in [2.05, 4.69) is 4.72 Å². The number of carboxylic acid groups (broad SMARTS) is 1. The molecule has 0 amide bonds. The molecular formula is C12H14N2O4S2. The van der Waals surface area contributed by atoms with Gasteiger partial charge in [-0.3, -0.25) is 0 Å². The third kappa shape index (κ3) is 3.09. The van der Waals surface area contributed by atoms with Crippen molar-refractivity contribution in [2.45, 2.75) is 24.9 Å². The molecule has 2 rings (SSSR count). The van der Waals surface area contributed by atoms with Gasteiger partial charge < -0.3 is 9.67 Å². The van der Waals surface area contributed by atoms with Crippen LogP contribution in [-0.2, 0) is 23.1 Å². The molecule has 0 bridgehead atoms. The monoisotopic (exact) mass is 314 g/mol. The van der Waals surface area contributed by atoms with Gasteiger partial charge in [0.15, 0.2) is 0 Å². The average Bonchev–Trinajstić information content (AvgIpc) is 3.05. The van der Waals surface area contributed by atoms with Gasteiger partial charge in [-0.05, 0) is 35.4 Å². The number of aryl methyl sites for hydroxylation is 1. The van der Waals surface area contributed by atoms with Crippen molar-refractivity contribution in [2.75, 3.05) is 0 Å². The molecule has 0 spiro atoms. The maximum Gasteiger partial charge on any atom is 0.352 e. The molecule has 0 aliphatic carbocycles. The van der Waals surface area contributed by atoms with Crippen LogP contribution in [0.15, 0.2) is 34.0 Å². The summed E-state index contributed by atoms with van der Waals surface area (Å²) in [5.41, 5.74) is 0.829. The number of carboxylic acids is 1. The Bertz CT molecular complexity index is 702. The lowest BCUT2D eigenvalue weighted by Gasteiger charge is -2.03. The molecule has 0 aromatic carbocycles. The quantitative estimate of drug-likeness (QED) is 0.850. The van der Waals surface area contributed by atoms with Crippen molar-refractivity contribution in [3.63, 3.8) is 0 Å². The Morgan fingerprint density at radius 3 is 2.75 bits per heavy atom. The van der Waals surface area contributed by atoms with E-state index >= 15 is 0 Å². The topological polar surface area (TPSA) is 88.4 Å². The first-order valence-corrected chi connectivity index (χ1v) is 8.31. The Balaban J connectivity index is 2.23. The smallest absolute Gasteiger partial charge is 0.352 e. The van der Waals surface area contributed by atoms with Crippen LogP contribution >= 0.6 is 11.3 Å². The van der Waals surface area contributed by atoms with Gasteiger partial charge in [-0.1, -0.05) is 0 Å². The summed E-state index contributed by atoms with van der Waals surface area (Å²) in [6, 6.07) is 2.99. The lowest BCUT2D eigenvalue weighted by Crippen LogP contribution is -2.22. The molecule has 2 aromatic rings. The van der Waals surface area contributed by atoms with Crippen LogP contribution < -0.4 is 4.72 Å². The molecule has 0 aliphatic heterocycles. The first-order chi connectivity index (χ1) is 9.44. The molecule has 0 unspecified atom stereocenters. The Morgan fingerprint density at radius 2 is 2.25 bits per heavy atom. The summed E-state index contributed by atoms with van der Waals surface area (Å²) in [6.07, 6.45) is 1.33. The van der Waals surface area contributed by atoms with Crippen molar-refractivity contribution in [3.8, 4) is 0 Å². The lowest BCUT2D eigenvalue weighted by molar-refractivity contribution is 0.0685. The van der Waals surface area contributed by atoms with E-state index in [0.29, 0.717) is 6.54 Å². The summed E-state index contributed by atoms with van der Waals surface area (Å²) in [5, 5.41) is 12.7. The SMILES string of the molecule is CCn1cc(S(=O)(=O)NCc2ccsc2)cc1C(=O)O. The van der Waals surface area contributed by atoms with Crippen molar-refractivity contribution < 1.29 is 18.3 Å². The van der Waals surface area contributed by atoms with Gasteiger partial charge in [0.1, 0.15) is 10.6 Å². The lowest BCUT2D eigenvalue weighted by atomic mass is 10.4. The first-order valence-electron chi connectivity index (χ1n) is 5.88. The molecule has 6 nitrogen and oxygen atoms in total. The van der Waals surface area contributed by atoms with Gasteiger partial charge in [0, 0.05) is 19.3 Å². The Morgan fingerprint density at radius 1 is 1.50 bits per heavy atom. The van der Waals surface area contributed by atoms with E-state index in [9.17, 15) is 13.2 Å². The third-order valence-corrected chi connectivity index (χ3v) is 4.89. The summed E-state index contributed by atoms with van der Waals surface area (Å²) in [6.45, 7) is 2.33. The number of nitrogens with one attached hydrogen (secondary N) is 1. The number of nitrogens with zero attached hydrogens (tertiary/aromatic N) is 1. The number of sulfonamides is 1. The van der Waals surface area contributed by atoms with Crippen LogP contribution in [0.25, 0.3) is 0 Å². The Kier molecular flexibility index (Phi) is 4.26. The molecule has 8 heteroatoms. The number of rotatable bonds is 6. The fraction of sp³-hybridized carbons (Fsp3) is 0.250. The second-order valence-corrected chi connectivity index (χ2v) is 6.66. The van der Waals surface area contributed by atoms with E-state index in [1.807, 2.05) is 16.8 Å². The molecule has 0 aliphatic rings. The van der Waals surface area contributed by atoms with E-state index < -0.39 is 16.0 Å². The molecule has 0 saturated heterocycles. The van der Waals surface area contributed by atoms with Crippen LogP contribution in [0.3, 0.4) is 0 Å². The minimum absolute atomic E-state index is 0.0352. The number of hydrogen-bond donors (Lipinski definition) is 2. The molecule has 2 N–H and O–H groups in total. The van der Waals surface area contributed by atoms with Crippen LogP contribution in [0, 0.1) is 0 Å². The molecule has 2 heterocycles.